The van der Waals surface area contributed by atoms with E-state index in [0.29, 0.717) is 11.5 Å². The number of carbonyl (C=O) groups excluding carboxylic acids is 1. The molecule has 2 aromatic rings. The molecule has 22 heavy (non-hydrogen) atoms. The van der Waals surface area contributed by atoms with Crippen molar-refractivity contribution in [1.29, 1.82) is 0 Å². The maximum Gasteiger partial charge on any atom is 0.277 e. The minimum absolute atomic E-state index is 0.187. The number of rotatable bonds is 5. The first-order valence-electron chi connectivity index (χ1n) is 6.84. The normalized spacial score (nSPS) is 11.4. The zero-order valence-electron chi connectivity index (χ0n) is 12.7. The molecule has 0 aliphatic heterocycles. The molecule has 1 amide bonds. The highest BCUT2D eigenvalue weighted by Gasteiger charge is 2.08. The lowest BCUT2D eigenvalue weighted by molar-refractivity contribution is -0.123. The molecule has 0 saturated heterocycles. The maximum atomic E-state index is 12.7. The Morgan fingerprint density at radius 1 is 1.32 bits per heavy atom. The van der Waals surface area contributed by atoms with Crippen LogP contribution < -0.4 is 10.2 Å². The minimum atomic E-state index is -0.380. The third-order valence-corrected chi connectivity index (χ3v) is 3.17. The molecule has 0 unspecified atom stereocenters. The molecular weight excluding hydrogens is 285 g/mol. The molecule has 2 N–H and O–H groups in total. The second-order valence-corrected chi connectivity index (χ2v) is 4.95. The first-order valence-corrected chi connectivity index (χ1v) is 6.84. The SMILES string of the molecule is C/C(=N\NC(=O)COc1ccc(F)cc1)c1c(C)c[nH]c1C. The standard InChI is InChI=1S/C16H18FN3O2/c1-10-8-18-11(2)16(10)12(3)19-20-15(21)9-22-14-6-4-13(17)5-7-14/h4-8,18H,9H2,1-3H3,(H,20,21)/b19-12+. The third-order valence-electron chi connectivity index (χ3n) is 3.17. The highest BCUT2D eigenvalue weighted by Crippen LogP contribution is 2.13. The first kappa shape index (κ1) is 15.8. The number of hydrogen-bond acceptors (Lipinski definition) is 3. The minimum Gasteiger partial charge on any atom is -0.484 e. The van der Waals surface area contributed by atoms with Crippen molar-refractivity contribution in [2.45, 2.75) is 20.8 Å². The van der Waals surface area contributed by atoms with Gasteiger partial charge in [0.2, 0.25) is 0 Å². The summed E-state index contributed by atoms with van der Waals surface area (Å²) in [6, 6.07) is 5.47. The molecule has 0 saturated carbocycles. The Morgan fingerprint density at radius 2 is 2.00 bits per heavy atom. The van der Waals surface area contributed by atoms with E-state index in [2.05, 4.69) is 15.5 Å². The van der Waals surface area contributed by atoms with Crippen molar-refractivity contribution >= 4 is 11.6 Å². The van der Waals surface area contributed by atoms with E-state index in [1.54, 1.807) is 0 Å². The Bertz CT molecular complexity index is 670. The van der Waals surface area contributed by atoms with Crippen LogP contribution in [0.25, 0.3) is 0 Å². The van der Waals surface area contributed by atoms with Crippen LogP contribution >= 0.6 is 0 Å². The first-order chi connectivity index (χ1) is 10.5. The molecule has 0 radical (unpaired) electrons. The summed E-state index contributed by atoms with van der Waals surface area (Å²) >= 11 is 0. The van der Waals surface area contributed by atoms with Gasteiger partial charge >= 0.3 is 0 Å². The van der Waals surface area contributed by atoms with Crippen LogP contribution in [-0.2, 0) is 4.79 Å². The zero-order valence-corrected chi connectivity index (χ0v) is 12.7. The van der Waals surface area contributed by atoms with E-state index in [4.69, 9.17) is 4.74 Å². The maximum absolute atomic E-state index is 12.7. The number of ether oxygens (including phenoxy) is 1. The Balaban J connectivity index is 1.89. The van der Waals surface area contributed by atoms with Gasteiger partial charge in [-0.3, -0.25) is 4.79 Å². The fourth-order valence-electron chi connectivity index (χ4n) is 2.13. The third kappa shape index (κ3) is 3.94. The van der Waals surface area contributed by atoms with Gasteiger partial charge in [0.25, 0.3) is 5.91 Å². The smallest absolute Gasteiger partial charge is 0.277 e. The van der Waals surface area contributed by atoms with Gasteiger partial charge in [-0.25, -0.2) is 9.82 Å². The van der Waals surface area contributed by atoms with E-state index in [0.717, 1.165) is 16.8 Å². The van der Waals surface area contributed by atoms with Crippen LogP contribution in [0.1, 0.15) is 23.7 Å². The number of amides is 1. The molecule has 116 valence electrons. The number of nitrogens with one attached hydrogen (secondary N) is 2. The molecule has 0 spiro atoms. The fourth-order valence-corrected chi connectivity index (χ4v) is 2.13. The Morgan fingerprint density at radius 3 is 2.59 bits per heavy atom. The van der Waals surface area contributed by atoms with Gasteiger partial charge in [-0.1, -0.05) is 0 Å². The van der Waals surface area contributed by atoms with Crippen molar-refractivity contribution in [1.82, 2.24) is 10.4 Å². The highest BCUT2D eigenvalue weighted by atomic mass is 19.1. The second-order valence-electron chi connectivity index (χ2n) is 4.95. The lowest BCUT2D eigenvalue weighted by atomic mass is 10.1. The lowest BCUT2D eigenvalue weighted by Gasteiger charge is -2.06. The quantitative estimate of drug-likeness (QED) is 0.659. The molecule has 0 atom stereocenters. The summed E-state index contributed by atoms with van der Waals surface area (Å²) in [5.74, 6) is -0.307. The fraction of sp³-hybridized carbons (Fsp3) is 0.250. The summed E-state index contributed by atoms with van der Waals surface area (Å²) in [4.78, 5) is 14.8. The van der Waals surface area contributed by atoms with Crippen LogP contribution in [0.15, 0.2) is 35.6 Å². The summed E-state index contributed by atoms with van der Waals surface area (Å²) in [6.45, 7) is 5.55. The number of aromatic amines is 1. The van der Waals surface area contributed by atoms with Crippen LogP contribution in [0.2, 0.25) is 0 Å². The topological polar surface area (TPSA) is 66.5 Å². The number of halogens is 1. The predicted octanol–water partition coefficient (Wildman–Crippen LogP) is 2.69. The van der Waals surface area contributed by atoms with Crippen molar-refractivity contribution in [3.05, 3.63) is 53.1 Å². The zero-order chi connectivity index (χ0) is 16.1. The number of H-pyrrole nitrogens is 1. The van der Waals surface area contributed by atoms with Gasteiger partial charge in [-0.15, -0.1) is 0 Å². The number of carbonyl (C=O) groups is 1. The molecule has 1 aromatic heterocycles. The average Bonchev–Trinajstić information content (AvgIpc) is 2.83. The number of aryl methyl sites for hydroxylation is 2. The predicted molar refractivity (Wildman–Crippen MR) is 82.5 cm³/mol. The highest BCUT2D eigenvalue weighted by molar-refractivity contribution is 6.01. The average molecular weight is 303 g/mol. The van der Waals surface area contributed by atoms with Crippen molar-refractivity contribution in [2.75, 3.05) is 6.61 Å². The number of hydrogen-bond donors (Lipinski definition) is 2. The van der Waals surface area contributed by atoms with Crippen LogP contribution in [0.3, 0.4) is 0 Å². The molecule has 0 aliphatic rings. The van der Waals surface area contributed by atoms with Crippen molar-refractivity contribution in [2.24, 2.45) is 5.10 Å². The Labute approximate surface area is 128 Å². The van der Waals surface area contributed by atoms with Crippen LogP contribution in [0, 0.1) is 19.7 Å². The van der Waals surface area contributed by atoms with Crippen molar-refractivity contribution in [3.8, 4) is 5.75 Å². The van der Waals surface area contributed by atoms with Gasteiger partial charge in [-0.2, -0.15) is 5.10 Å². The molecule has 6 heteroatoms. The van der Waals surface area contributed by atoms with E-state index in [-0.39, 0.29) is 18.3 Å². The van der Waals surface area contributed by atoms with Gasteiger partial charge in [0.15, 0.2) is 6.61 Å². The molecule has 0 fully saturated rings. The van der Waals surface area contributed by atoms with E-state index in [9.17, 15) is 9.18 Å². The molecular formula is C16H18FN3O2. The summed E-state index contributed by atoms with van der Waals surface area (Å²) in [5.41, 5.74) is 6.20. The van der Waals surface area contributed by atoms with Gasteiger partial charge < -0.3 is 9.72 Å². The summed E-state index contributed by atoms with van der Waals surface area (Å²) < 4.78 is 18.0. The van der Waals surface area contributed by atoms with Crippen LogP contribution in [0.4, 0.5) is 4.39 Å². The van der Waals surface area contributed by atoms with Crippen molar-refractivity contribution in [3.63, 3.8) is 0 Å². The molecule has 1 aromatic carbocycles. The Hall–Kier alpha value is -2.63. The second kappa shape index (κ2) is 6.89. The number of aromatic nitrogens is 1. The van der Waals surface area contributed by atoms with Gasteiger partial charge in [-0.05, 0) is 50.6 Å². The van der Waals surface area contributed by atoms with E-state index >= 15 is 0 Å². The van der Waals surface area contributed by atoms with E-state index in [1.165, 1.54) is 24.3 Å². The number of benzene rings is 1. The molecule has 0 bridgehead atoms. The monoisotopic (exact) mass is 303 g/mol. The number of hydrazone groups is 1. The summed E-state index contributed by atoms with van der Waals surface area (Å²) in [7, 11) is 0. The molecule has 1 heterocycles. The largest absolute Gasteiger partial charge is 0.484 e. The van der Waals surface area contributed by atoms with Crippen LogP contribution in [-0.4, -0.2) is 23.2 Å². The summed E-state index contributed by atoms with van der Waals surface area (Å²) in [5, 5.41) is 4.07. The van der Waals surface area contributed by atoms with E-state index < -0.39 is 0 Å². The number of nitrogens with zero attached hydrogens (tertiary/aromatic N) is 1. The van der Waals surface area contributed by atoms with Gasteiger partial charge in [0.05, 0.1) is 5.71 Å². The molecule has 2 rings (SSSR count). The van der Waals surface area contributed by atoms with E-state index in [1.807, 2.05) is 27.0 Å². The van der Waals surface area contributed by atoms with Gasteiger partial charge in [0.1, 0.15) is 11.6 Å². The lowest BCUT2D eigenvalue weighted by Crippen LogP contribution is -2.25. The van der Waals surface area contributed by atoms with Crippen LogP contribution in [0.5, 0.6) is 5.75 Å². The molecule has 0 aliphatic carbocycles. The van der Waals surface area contributed by atoms with Gasteiger partial charge in [0, 0.05) is 17.5 Å². The molecule has 5 nitrogen and oxygen atoms in total. The summed E-state index contributed by atoms with van der Waals surface area (Å²) in [6.07, 6.45) is 1.89. The van der Waals surface area contributed by atoms with Crippen molar-refractivity contribution < 1.29 is 13.9 Å². The Kier molecular flexibility index (Phi) is 4.93.